The van der Waals surface area contributed by atoms with E-state index in [4.69, 9.17) is 27.9 Å². The Kier molecular flexibility index (Phi) is 4.73. The molecule has 3 heteroatoms. The molecule has 0 radical (unpaired) electrons. The molecule has 0 fully saturated rings. The summed E-state index contributed by atoms with van der Waals surface area (Å²) in [4.78, 5) is 0. The van der Waals surface area contributed by atoms with Crippen molar-refractivity contribution in [1.29, 1.82) is 0 Å². The van der Waals surface area contributed by atoms with E-state index >= 15 is 0 Å². The van der Waals surface area contributed by atoms with Gasteiger partial charge in [-0.25, -0.2) is 0 Å². The van der Waals surface area contributed by atoms with Crippen LogP contribution >= 0.6 is 23.2 Å². The van der Waals surface area contributed by atoms with E-state index < -0.39 is 0 Å². The standard InChI is InChI=1S/C16H16Cl2O/c1-11-7-8-12(9-14(11)17)15(18)10-13-5-3-4-6-16(13)19-2/h3-9,15H,10H2,1-2H3. The number of hydrogen-bond acceptors (Lipinski definition) is 1. The normalized spacial score (nSPS) is 12.2. The van der Waals surface area contributed by atoms with Crippen molar-refractivity contribution in [3.05, 3.63) is 64.2 Å². The molecule has 0 aliphatic rings. The molecule has 0 amide bonds. The van der Waals surface area contributed by atoms with Gasteiger partial charge in [0.1, 0.15) is 5.75 Å². The summed E-state index contributed by atoms with van der Waals surface area (Å²) in [6, 6.07) is 13.9. The molecule has 1 atom stereocenters. The highest BCUT2D eigenvalue weighted by atomic mass is 35.5. The first-order chi connectivity index (χ1) is 9.11. The molecule has 0 bridgehead atoms. The van der Waals surface area contributed by atoms with E-state index in [-0.39, 0.29) is 5.38 Å². The van der Waals surface area contributed by atoms with Crippen molar-refractivity contribution in [2.24, 2.45) is 0 Å². The van der Waals surface area contributed by atoms with Gasteiger partial charge in [-0.15, -0.1) is 11.6 Å². The number of methoxy groups -OCH3 is 1. The van der Waals surface area contributed by atoms with Crippen LogP contribution in [0.3, 0.4) is 0 Å². The summed E-state index contributed by atoms with van der Waals surface area (Å²) in [6.45, 7) is 1.98. The van der Waals surface area contributed by atoms with Crippen LogP contribution in [-0.4, -0.2) is 7.11 Å². The van der Waals surface area contributed by atoms with Gasteiger partial charge in [0.05, 0.1) is 12.5 Å². The van der Waals surface area contributed by atoms with Gasteiger partial charge in [-0.1, -0.05) is 41.9 Å². The summed E-state index contributed by atoms with van der Waals surface area (Å²) in [7, 11) is 1.67. The maximum atomic E-state index is 6.48. The molecule has 0 aliphatic carbocycles. The lowest BCUT2D eigenvalue weighted by Gasteiger charge is -2.13. The molecule has 2 aromatic carbocycles. The van der Waals surface area contributed by atoms with Crippen LogP contribution in [-0.2, 0) is 6.42 Å². The highest BCUT2D eigenvalue weighted by Crippen LogP contribution is 2.31. The maximum absolute atomic E-state index is 6.48. The summed E-state index contributed by atoms with van der Waals surface area (Å²) < 4.78 is 5.34. The molecule has 0 saturated carbocycles. The zero-order valence-electron chi connectivity index (χ0n) is 11.0. The number of hydrogen-bond donors (Lipinski definition) is 0. The summed E-state index contributed by atoms with van der Waals surface area (Å²) >= 11 is 12.6. The van der Waals surface area contributed by atoms with Crippen LogP contribution in [0.15, 0.2) is 42.5 Å². The highest BCUT2D eigenvalue weighted by Gasteiger charge is 2.12. The maximum Gasteiger partial charge on any atom is 0.122 e. The quantitative estimate of drug-likeness (QED) is 0.706. The Morgan fingerprint density at radius 1 is 1.16 bits per heavy atom. The van der Waals surface area contributed by atoms with Gasteiger partial charge in [0.25, 0.3) is 0 Å². The minimum atomic E-state index is -0.116. The largest absolute Gasteiger partial charge is 0.496 e. The molecular formula is C16H16Cl2O. The zero-order chi connectivity index (χ0) is 13.8. The first-order valence-electron chi connectivity index (χ1n) is 6.14. The summed E-state index contributed by atoms with van der Waals surface area (Å²) in [5.74, 6) is 0.867. The van der Waals surface area contributed by atoms with Gasteiger partial charge in [0.15, 0.2) is 0 Å². The van der Waals surface area contributed by atoms with Crippen molar-refractivity contribution in [3.63, 3.8) is 0 Å². The summed E-state index contributed by atoms with van der Waals surface area (Å²) in [5, 5.41) is 0.637. The van der Waals surface area contributed by atoms with E-state index in [0.717, 1.165) is 27.5 Å². The molecule has 100 valence electrons. The van der Waals surface area contributed by atoms with E-state index in [1.165, 1.54) is 0 Å². The number of rotatable bonds is 4. The molecule has 1 nitrogen and oxygen atoms in total. The Balaban J connectivity index is 2.20. The van der Waals surface area contributed by atoms with Gasteiger partial charge in [0.2, 0.25) is 0 Å². The van der Waals surface area contributed by atoms with E-state index in [2.05, 4.69) is 0 Å². The Morgan fingerprint density at radius 2 is 1.89 bits per heavy atom. The van der Waals surface area contributed by atoms with Crippen LogP contribution in [0.2, 0.25) is 5.02 Å². The molecule has 2 rings (SSSR count). The van der Waals surface area contributed by atoms with E-state index in [9.17, 15) is 0 Å². The number of ether oxygens (including phenoxy) is 1. The molecule has 1 unspecified atom stereocenters. The SMILES string of the molecule is COc1ccccc1CC(Cl)c1ccc(C)c(Cl)c1. The second-order valence-electron chi connectivity index (χ2n) is 4.49. The van der Waals surface area contributed by atoms with Crippen LogP contribution < -0.4 is 4.74 Å². The minimum Gasteiger partial charge on any atom is -0.496 e. The molecule has 0 heterocycles. The number of alkyl halides is 1. The van der Waals surface area contributed by atoms with Gasteiger partial charge in [-0.3, -0.25) is 0 Å². The van der Waals surface area contributed by atoms with Gasteiger partial charge in [-0.2, -0.15) is 0 Å². The Morgan fingerprint density at radius 3 is 2.58 bits per heavy atom. The average Bonchev–Trinajstić information content (AvgIpc) is 2.42. The number of aryl methyl sites for hydroxylation is 1. The van der Waals surface area contributed by atoms with E-state index in [1.807, 2.05) is 49.4 Å². The van der Waals surface area contributed by atoms with Gasteiger partial charge in [-0.05, 0) is 42.2 Å². The van der Waals surface area contributed by atoms with Crippen LogP contribution in [0.4, 0.5) is 0 Å². The Hall–Kier alpha value is -1.18. The molecule has 2 aromatic rings. The first kappa shape index (κ1) is 14.2. The number of para-hydroxylation sites is 1. The Labute approximate surface area is 124 Å². The van der Waals surface area contributed by atoms with Gasteiger partial charge in [0, 0.05) is 5.02 Å². The third kappa shape index (κ3) is 3.43. The summed E-state index contributed by atoms with van der Waals surface area (Å²) in [6.07, 6.45) is 0.713. The monoisotopic (exact) mass is 294 g/mol. The first-order valence-corrected chi connectivity index (χ1v) is 6.95. The van der Waals surface area contributed by atoms with Crippen molar-refractivity contribution in [2.75, 3.05) is 7.11 Å². The zero-order valence-corrected chi connectivity index (χ0v) is 12.5. The lowest BCUT2D eigenvalue weighted by Crippen LogP contribution is -1.99. The van der Waals surface area contributed by atoms with Crippen molar-refractivity contribution in [1.82, 2.24) is 0 Å². The number of halogens is 2. The van der Waals surface area contributed by atoms with Crippen molar-refractivity contribution in [2.45, 2.75) is 18.7 Å². The second-order valence-corrected chi connectivity index (χ2v) is 5.43. The molecule has 0 spiro atoms. The third-order valence-corrected chi connectivity index (χ3v) is 3.96. The van der Waals surface area contributed by atoms with Crippen LogP contribution in [0.25, 0.3) is 0 Å². The van der Waals surface area contributed by atoms with Crippen LogP contribution in [0, 0.1) is 6.92 Å². The fourth-order valence-corrected chi connectivity index (χ4v) is 2.48. The van der Waals surface area contributed by atoms with Crippen LogP contribution in [0.5, 0.6) is 5.75 Å². The fraction of sp³-hybridized carbons (Fsp3) is 0.250. The van der Waals surface area contributed by atoms with E-state index in [1.54, 1.807) is 7.11 Å². The van der Waals surface area contributed by atoms with Crippen molar-refractivity contribution < 1.29 is 4.74 Å². The molecule has 0 N–H and O–H groups in total. The van der Waals surface area contributed by atoms with Crippen LogP contribution in [0.1, 0.15) is 22.1 Å². The summed E-state index contributed by atoms with van der Waals surface area (Å²) in [5.41, 5.74) is 3.19. The fourth-order valence-electron chi connectivity index (χ4n) is 1.99. The molecule has 19 heavy (non-hydrogen) atoms. The predicted octanol–water partition coefficient (Wildman–Crippen LogP) is 5.18. The predicted molar refractivity (Wildman–Crippen MR) is 81.5 cm³/mol. The third-order valence-electron chi connectivity index (χ3n) is 3.15. The smallest absolute Gasteiger partial charge is 0.122 e. The topological polar surface area (TPSA) is 9.23 Å². The second kappa shape index (κ2) is 6.31. The number of benzene rings is 2. The van der Waals surface area contributed by atoms with Crippen molar-refractivity contribution >= 4 is 23.2 Å². The molecule has 0 saturated heterocycles. The molecular weight excluding hydrogens is 279 g/mol. The molecule has 0 aromatic heterocycles. The Bertz CT molecular complexity index is 566. The minimum absolute atomic E-state index is 0.116. The van der Waals surface area contributed by atoms with Crippen molar-refractivity contribution in [3.8, 4) is 5.75 Å². The lowest BCUT2D eigenvalue weighted by atomic mass is 10.0. The average molecular weight is 295 g/mol. The lowest BCUT2D eigenvalue weighted by molar-refractivity contribution is 0.409. The van der Waals surface area contributed by atoms with E-state index in [0.29, 0.717) is 6.42 Å². The highest BCUT2D eigenvalue weighted by molar-refractivity contribution is 6.31. The molecule has 0 aliphatic heterocycles. The van der Waals surface area contributed by atoms with Gasteiger partial charge >= 0.3 is 0 Å². The van der Waals surface area contributed by atoms with Gasteiger partial charge < -0.3 is 4.74 Å².